The highest BCUT2D eigenvalue weighted by molar-refractivity contribution is 5.90. The SMILES string of the molecule is CN(C(=O)c1nn[nH]n1)C1CCCc2ccccc21. The molecule has 1 unspecified atom stereocenters. The third-order valence-electron chi connectivity index (χ3n) is 3.66. The lowest BCUT2D eigenvalue weighted by Gasteiger charge is -2.32. The topological polar surface area (TPSA) is 74.8 Å². The molecule has 0 fully saturated rings. The van der Waals surface area contributed by atoms with Crippen molar-refractivity contribution in [2.24, 2.45) is 0 Å². The van der Waals surface area contributed by atoms with Gasteiger partial charge in [-0.25, -0.2) is 0 Å². The van der Waals surface area contributed by atoms with Gasteiger partial charge in [0, 0.05) is 7.05 Å². The zero-order valence-electron chi connectivity index (χ0n) is 10.7. The average molecular weight is 257 g/mol. The van der Waals surface area contributed by atoms with Gasteiger partial charge in [0.05, 0.1) is 6.04 Å². The van der Waals surface area contributed by atoms with Gasteiger partial charge in [-0.05, 0) is 35.6 Å². The van der Waals surface area contributed by atoms with E-state index in [2.05, 4.69) is 32.8 Å². The smallest absolute Gasteiger partial charge is 0.295 e. The summed E-state index contributed by atoms with van der Waals surface area (Å²) < 4.78 is 0. The molecule has 1 heterocycles. The van der Waals surface area contributed by atoms with Gasteiger partial charge in [0.2, 0.25) is 0 Å². The molecule has 0 spiro atoms. The molecular weight excluding hydrogens is 242 g/mol. The summed E-state index contributed by atoms with van der Waals surface area (Å²) in [5.74, 6) is -0.0824. The molecule has 1 aliphatic carbocycles. The molecule has 1 amide bonds. The number of fused-ring (bicyclic) bond motifs is 1. The Labute approximate surface area is 110 Å². The van der Waals surface area contributed by atoms with Crippen LogP contribution >= 0.6 is 0 Å². The molecule has 0 bridgehead atoms. The first-order valence-corrected chi connectivity index (χ1v) is 6.36. The van der Waals surface area contributed by atoms with E-state index in [1.54, 1.807) is 11.9 Å². The number of carbonyl (C=O) groups is 1. The first-order chi connectivity index (χ1) is 9.27. The lowest BCUT2D eigenvalue weighted by atomic mass is 9.87. The van der Waals surface area contributed by atoms with E-state index in [-0.39, 0.29) is 17.8 Å². The van der Waals surface area contributed by atoms with E-state index in [9.17, 15) is 4.79 Å². The maximum absolute atomic E-state index is 12.3. The number of aromatic amines is 1. The van der Waals surface area contributed by atoms with Gasteiger partial charge in [0.25, 0.3) is 11.7 Å². The van der Waals surface area contributed by atoms with Crippen molar-refractivity contribution >= 4 is 5.91 Å². The first-order valence-electron chi connectivity index (χ1n) is 6.36. The van der Waals surface area contributed by atoms with Gasteiger partial charge < -0.3 is 4.90 Å². The van der Waals surface area contributed by atoms with Crippen molar-refractivity contribution in [3.8, 4) is 0 Å². The van der Waals surface area contributed by atoms with Gasteiger partial charge >= 0.3 is 0 Å². The van der Waals surface area contributed by atoms with Crippen molar-refractivity contribution in [1.82, 2.24) is 25.5 Å². The molecule has 6 nitrogen and oxygen atoms in total. The standard InChI is InChI=1S/C13H15N5O/c1-18(13(19)12-14-16-17-15-12)11-8-4-6-9-5-2-3-7-10(9)11/h2-3,5,7,11H,4,6,8H2,1H3,(H,14,15,16,17). The molecule has 1 atom stereocenters. The van der Waals surface area contributed by atoms with Gasteiger partial charge in [0.1, 0.15) is 0 Å². The monoisotopic (exact) mass is 257 g/mol. The fraction of sp³-hybridized carbons (Fsp3) is 0.385. The van der Waals surface area contributed by atoms with Gasteiger partial charge in [-0.2, -0.15) is 5.21 Å². The predicted octanol–water partition coefficient (Wildman–Crippen LogP) is 1.35. The second-order valence-corrected chi connectivity index (χ2v) is 4.76. The van der Waals surface area contributed by atoms with Crippen LogP contribution in [0.1, 0.15) is 40.6 Å². The largest absolute Gasteiger partial charge is 0.332 e. The van der Waals surface area contributed by atoms with E-state index in [1.165, 1.54) is 11.1 Å². The second kappa shape index (κ2) is 4.79. The summed E-state index contributed by atoms with van der Waals surface area (Å²) in [6, 6.07) is 8.38. The van der Waals surface area contributed by atoms with Crippen molar-refractivity contribution in [2.45, 2.75) is 25.3 Å². The highest BCUT2D eigenvalue weighted by atomic mass is 16.2. The molecular formula is C13H15N5O. The molecule has 0 saturated carbocycles. The van der Waals surface area contributed by atoms with Gasteiger partial charge in [0.15, 0.2) is 0 Å². The number of hydrogen-bond acceptors (Lipinski definition) is 4. The van der Waals surface area contributed by atoms with Crippen LogP contribution < -0.4 is 0 Å². The average Bonchev–Trinajstić information content (AvgIpc) is 2.99. The molecule has 3 rings (SSSR count). The molecule has 6 heteroatoms. The van der Waals surface area contributed by atoms with Crippen molar-refractivity contribution in [1.29, 1.82) is 0 Å². The quantitative estimate of drug-likeness (QED) is 0.881. The van der Waals surface area contributed by atoms with Crippen molar-refractivity contribution in [3.63, 3.8) is 0 Å². The Hall–Kier alpha value is -2.24. The maximum atomic E-state index is 12.3. The molecule has 1 aliphatic rings. The van der Waals surface area contributed by atoms with E-state index >= 15 is 0 Å². The van der Waals surface area contributed by atoms with Gasteiger partial charge in [-0.3, -0.25) is 4.79 Å². The third-order valence-corrected chi connectivity index (χ3v) is 3.66. The van der Waals surface area contributed by atoms with Crippen LogP contribution in [0.3, 0.4) is 0 Å². The van der Waals surface area contributed by atoms with Crippen LogP contribution in [-0.4, -0.2) is 38.5 Å². The number of hydrogen-bond donors (Lipinski definition) is 1. The number of rotatable bonds is 2. The van der Waals surface area contributed by atoms with Crippen LogP contribution in [0.5, 0.6) is 0 Å². The minimum absolute atomic E-state index is 0.0935. The number of amides is 1. The van der Waals surface area contributed by atoms with Crippen LogP contribution in [0, 0.1) is 0 Å². The summed E-state index contributed by atoms with van der Waals surface area (Å²) in [7, 11) is 1.80. The molecule has 2 aromatic rings. The van der Waals surface area contributed by atoms with E-state index in [0.29, 0.717) is 0 Å². The number of aryl methyl sites for hydroxylation is 1. The Morgan fingerprint density at radius 1 is 1.42 bits per heavy atom. The minimum Gasteiger partial charge on any atom is -0.332 e. The van der Waals surface area contributed by atoms with E-state index < -0.39 is 0 Å². The summed E-state index contributed by atoms with van der Waals surface area (Å²) >= 11 is 0. The molecule has 98 valence electrons. The summed E-state index contributed by atoms with van der Waals surface area (Å²) in [6.07, 6.45) is 3.14. The third kappa shape index (κ3) is 2.09. The Morgan fingerprint density at radius 2 is 2.26 bits per heavy atom. The van der Waals surface area contributed by atoms with Crippen LogP contribution in [0.15, 0.2) is 24.3 Å². The summed E-state index contributed by atoms with van der Waals surface area (Å²) in [6.45, 7) is 0. The zero-order chi connectivity index (χ0) is 13.2. The molecule has 1 N–H and O–H groups in total. The summed E-state index contributed by atoms with van der Waals surface area (Å²) in [5.41, 5.74) is 2.56. The molecule has 0 saturated heterocycles. The second-order valence-electron chi connectivity index (χ2n) is 4.76. The molecule has 0 aliphatic heterocycles. The fourth-order valence-electron chi connectivity index (χ4n) is 2.68. The Balaban J connectivity index is 1.89. The highest BCUT2D eigenvalue weighted by Gasteiger charge is 2.28. The Kier molecular flexibility index (Phi) is 2.98. The molecule has 1 aromatic carbocycles. The van der Waals surface area contributed by atoms with Crippen LogP contribution in [0.2, 0.25) is 0 Å². The number of carbonyl (C=O) groups excluding carboxylic acids is 1. The number of nitrogens with one attached hydrogen (secondary N) is 1. The maximum Gasteiger partial charge on any atom is 0.295 e. The van der Waals surface area contributed by atoms with Crippen LogP contribution in [-0.2, 0) is 6.42 Å². The minimum atomic E-state index is -0.199. The zero-order valence-corrected chi connectivity index (χ0v) is 10.7. The summed E-state index contributed by atoms with van der Waals surface area (Å²) in [5, 5.41) is 13.2. The Bertz CT molecular complexity index is 580. The van der Waals surface area contributed by atoms with Gasteiger partial charge in [-0.1, -0.05) is 24.3 Å². The van der Waals surface area contributed by atoms with Crippen LogP contribution in [0.4, 0.5) is 0 Å². The van der Waals surface area contributed by atoms with E-state index in [0.717, 1.165) is 19.3 Å². The first kappa shape index (κ1) is 11.8. The van der Waals surface area contributed by atoms with E-state index in [1.807, 2.05) is 12.1 Å². The lowest BCUT2D eigenvalue weighted by Crippen LogP contribution is -2.34. The number of benzene rings is 1. The predicted molar refractivity (Wildman–Crippen MR) is 68.4 cm³/mol. The normalized spacial score (nSPS) is 17.8. The van der Waals surface area contributed by atoms with Crippen LogP contribution in [0.25, 0.3) is 0 Å². The highest BCUT2D eigenvalue weighted by Crippen LogP contribution is 2.33. The van der Waals surface area contributed by atoms with Gasteiger partial charge in [-0.15, -0.1) is 10.2 Å². The van der Waals surface area contributed by atoms with E-state index in [4.69, 9.17) is 0 Å². The summed E-state index contributed by atoms with van der Waals surface area (Å²) in [4.78, 5) is 14.0. The van der Waals surface area contributed by atoms with Crippen molar-refractivity contribution in [3.05, 3.63) is 41.2 Å². The van der Waals surface area contributed by atoms with Crippen molar-refractivity contribution in [2.75, 3.05) is 7.05 Å². The number of aromatic nitrogens is 4. The molecule has 0 radical (unpaired) electrons. The number of H-pyrrole nitrogens is 1. The number of tetrazole rings is 1. The lowest BCUT2D eigenvalue weighted by molar-refractivity contribution is 0.0702. The fourth-order valence-corrected chi connectivity index (χ4v) is 2.68. The number of nitrogens with zero attached hydrogens (tertiary/aromatic N) is 4. The Morgan fingerprint density at radius 3 is 3.05 bits per heavy atom. The molecule has 1 aromatic heterocycles. The van der Waals surface area contributed by atoms with Crippen molar-refractivity contribution < 1.29 is 4.79 Å². The molecule has 19 heavy (non-hydrogen) atoms.